The van der Waals surface area contributed by atoms with Crippen molar-refractivity contribution in [2.24, 2.45) is 27.5 Å². The zero-order valence-corrected chi connectivity index (χ0v) is 14.4. The molecule has 4 rings (SSSR count). The molecule has 0 aromatic heterocycles. The molecule has 0 saturated heterocycles. The van der Waals surface area contributed by atoms with Gasteiger partial charge in [-0.2, -0.15) is 10.2 Å². The van der Waals surface area contributed by atoms with Crippen molar-refractivity contribution in [2.45, 2.75) is 13.8 Å². The molecular formula is C19H16Cl2N2. The van der Waals surface area contributed by atoms with Crippen LogP contribution in [-0.4, -0.2) is 11.4 Å². The van der Waals surface area contributed by atoms with Crippen molar-refractivity contribution in [2.75, 3.05) is 0 Å². The standard InChI is InChI=1S/C19H16Cl2N2/c1-19(2)15-16(19)18(12-6-4-8-14(21)10-12)23-22-17(15)11-5-3-7-13(20)9-11/h3-10,15-16H,1-2H3. The highest BCUT2D eigenvalue weighted by Gasteiger charge is 2.64. The van der Waals surface area contributed by atoms with Crippen LogP contribution in [0.15, 0.2) is 58.7 Å². The maximum absolute atomic E-state index is 6.13. The summed E-state index contributed by atoms with van der Waals surface area (Å²) >= 11 is 12.3. The first kappa shape index (κ1) is 14.9. The molecule has 116 valence electrons. The second-order valence-corrected chi connectivity index (χ2v) is 7.64. The van der Waals surface area contributed by atoms with Crippen molar-refractivity contribution in [1.82, 2.24) is 0 Å². The lowest BCUT2D eigenvalue weighted by Crippen LogP contribution is -2.15. The van der Waals surface area contributed by atoms with Gasteiger partial charge in [0.25, 0.3) is 0 Å². The highest BCUT2D eigenvalue weighted by atomic mass is 35.5. The number of fused-ring (bicyclic) bond motifs is 1. The van der Waals surface area contributed by atoms with Gasteiger partial charge in [0.05, 0.1) is 11.4 Å². The highest BCUT2D eigenvalue weighted by molar-refractivity contribution is 6.31. The molecule has 2 nitrogen and oxygen atoms in total. The first-order valence-corrected chi connectivity index (χ1v) is 8.41. The molecule has 1 heterocycles. The quantitative estimate of drug-likeness (QED) is 0.690. The molecule has 4 heteroatoms. The van der Waals surface area contributed by atoms with Crippen molar-refractivity contribution in [3.05, 3.63) is 69.7 Å². The smallest absolute Gasteiger partial charge is 0.0746 e. The maximum atomic E-state index is 6.13. The molecule has 0 bridgehead atoms. The zero-order chi connectivity index (χ0) is 16.2. The van der Waals surface area contributed by atoms with Gasteiger partial charge in [-0.05, 0) is 40.8 Å². The predicted molar refractivity (Wildman–Crippen MR) is 96.7 cm³/mol. The van der Waals surface area contributed by atoms with E-state index in [0.29, 0.717) is 11.8 Å². The number of hydrogen-bond acceptors (Lipinski definition) is 2. The van der Waals surface area contributed by atoms with E-state index in [-0.39, 0.29) is 5.41 Å². The summed E-state index contributed by atoms with van der Waals surface area (Å²) in [7, 11) is 0. The molecule has 2 atom stereocenters. The highest BCUT2D eigenvalue weighted by Crippen LogP contribution is 2.62. The molecule has 2 aromatic carbocycles. The topological polar surface area (TPSA) is 24.7 Å². The summed E-state index contributed by atoms with van der Waals surface area (Å²) in [5.74, 6) is 0.736. The van der Waals surface area contributed by atoms with Crippen LogP contribution in [0.5, 0.6) is 0 Å². The fraction of sp³-hybridized carbons (Fsp3) is 0.263. The SMILES string of the molecule is CC1(C)C2C(c3cccc(Cl)c3)=NN=C(c3cccc(Cl)c3)C21. The second-order valence-electron chi connectivity index (χ2n) is 6.77. The largest absolute Gasteiger partial charge is 0.154 e. The van der Waals surface area contributed by atoms with Crippen molar-refractivity contribution in [3.8, 4) is 0 Å². The van der Waals surface area contributed by atoms with E-state index < -0.39 is 0 Å². The van der Waals surface area contributed by atoms with Gasteiger partial charge in [-0.3, -0.25) is 0 Å². The first-order valence-electron chi connectivity index (χ1n) is 7.66. The van der Waals surface area contributed by atoms with E-state index in [1.165, 1.54) is 0 Å². The Morgan fingerprint density at radius 1 is 0.783 bits per heavy atom. The van der Waals surface area contributed by atoms with E-state index in [2.05, 4.69) is 36.2 Å². The summed E-state index contributed by atoms with van der Waals surface area (Å²) in [6.07, 6.45) is 0. The van der Waals surface area contributed by atoms with Crippen LogP contribution in [0.4, 0.5) is 0 Å². The van der Waals surface area contributed by atoms with Crippen molar-refractivity contribution >= 4 is 34.6 Å². The van der Waals surface area contributed by atoms with Crippen molar-refractivity contribution < 1.29 is 0 Å². The Hall–Kier alpha value is -1.64. The molecular weight excluding hydrogens is 327 g/mol. The minimum atomic E-state index is 0.138. The Labute approximate surface area is 145 Å². The summed E-state index contributed by atoms with van der Waals surface area (Å²) in [5.41, 5.74) is 4.33. The van der Waals surface area contributed by atoms with Crippen LogP contribution >= 0.6 is 23.2 Å². The predicted octanol–water partition coefficient (Wildman–Crippen LogP) is 5.47. The van der Waals surface area contributed by atoms with Crippen LogP contribution in [0.25, 0.3) is 0 Å². The van der Waals surface area contributed by atoms with Gasteiger partial charge in [0.15, 0.2) is 0 Å². The van der Waals surface area contributed by atoms with Gasteiger partial charge in [0.1, 0.15) is 0 Å². The molecule has 2 unspecified atom stereocenters. The lowest BCUT2D eigenvalue weighted by atomic mass is 9.99. The maximum Gasteiger partial charge on any atom is 0.0746 e. The van der Waals surface area contributed by atoms with Crippen LogP contribution in [0, 0.1) is 17.3 Å². The van der Waals surface area contributed by atoms with E-state index in [1.807, 2.05) is 36.4 Å². The fourth-order valence-corrected chi connectivity index (χ4v) is 4.04. The summed E-state index contributed by atoms with van der Waals surface area (Å²) in [5, 5.41) is 10.6. The molecule has 2 aliphatic rings. The van der Waals surface area contributed by atoms with Gasteiger partial charge in [0, 0.05) is 21.9 Å². The van der Waals surface area contributed by atoms with E-state index in [4.69, 9.17) is 23.2 Å². The average Bonchev–Trinajstić information content (AvgIpc) is 3.10. The Kier molecular flexibility index (Phi) is 3.36. The summed E-state index contributed by atoms with van der Waals surface area (Å²) < 4.78 is 0. The summed E-state index contributed by atoms with van der Waals surface area (Å²) in [6, 6.07) is 15.7. The van der Waals surface area contributed by atoms with Gasteiger partial charge >= 0.3 is 0 Å². The third-order valence-corrected chi connectivity index (χ3v) is 5.39. The van der Waals surface area contributed by atoms with Gasteiger partial charge in [-0.1, -0.05) is 61.3 Å². The number of hydrogen-bond donors (Lipinski definition) is 0. The third-order valence-electron chi connectivity index (χ3n) is 4.92. The van der Waals surface area contributed by atoms with Crippen LogP contribution in [0.1, 0.15) is 25.0 Å². The molecule has 1 aliphatic carbocycles. The van der Waals surface area contributed by atoms with Gasteiger partial charge in [0.2, 0.25) is 0 Å². The van der Waals surface area contributed by atoms with Gasteiger partial charge in [-0.15, -0.1) is 0 Å². The van der Waals surface area contributed by atoms with Crippen LogP contribution in [0.3, 0.4) is 0 Å². The minimum absolute atomic E-state index is 0.138. The monoisotopic (exact) mass is 342 g/mol. The first-order chi connectivity index (χ1) is 11.0. The number of rotatable bonds is 2. The summed E-state index contributed by atoms with van der Waals surface area (Å²) in [4.78, 5) is 0. The van der Waals surface area contributed by atoms with Crippen molar-refractivity contribution in [3.63, 3.8) is 0 Å². The number of nitrogens with zero attached hydrogens (tertiary/aromatic N) is 2. The van der Waals surface area contributed by atoms with E-state index in [9.17, 15) is 0 Å². The Morgan fingerprint density at radius 3 is 1.61 bits per heavy atom. The number of benzene rings is 2. The van der Waals surface area contributed by atoms with E-state index in [0.717, 1.165) is 32.6 Å². The zero-order valence-electron chi connectivity index (χ0n) is 12.9. The molecule has 1 fully saturated rings. The average molecular weight is 343 g/mol. The molecule has 0 N–H and O–H groups in total. The Bertz CT molecular complexity index is 782. The van der Waals surface area contributed by atoms with Crippen molar-refractivity contribution in [1.29, 1.82) is 0 Å². The van der Waals surface area contributed by atoms with Crippen LogP contribution in [-0.2, 0) is 0 Å². The molecule has 0 amide bonds. The number of halogens is 2. The molecule has 0 radical (unpaired) electrons. The van der Waals surface area contributed by atoms with Crippen LogP contribution < -0.4 is 0 Å². The lowest BCUT2D eigenvalue weighted by molar-refractivity contribution is 0.603. The second kappa shape index (κ2) is 5.19. The van der Waals surface area contributed by atoms with Crippen LogP contribution in [0.2, 0.25) is 10.0 Å². The van der Waals surface area contributed by atoms with E-state index in [1.54, 1.807) is 0 Å². The van der Waals surface area contributed by atoms with Gasteiger partial charge < -0.3 is 0 Å². The summed E-state index contributed by atoms with van der Waals surface area (Å²) in [6.45, 7) is 4.54. The molecule has 23 heavy (non-hydrogen) atoms. The van der Waals surface area contributed by atoms with Gasteiger partial charge in [-0.25, -0.2) is 0 Å². The third kappa shape index (κ3) is 2.41. The molecule has 1 aliphatic heterocycles. The molecule has 1 saturated carbocycles. The molecule has 2 aromatic rings. The normalized spacial score (nSPS) is 24.5. The minimum Gasteiger partial charge on any atom is -0.154 e. The Balaban J connectivity index is 1.80. The lowest BCUT2D eigenvalue weighted by Gasteiger charge is -2.12. The fourth-order valence-electron chi connectivity index (χ4n) is 3.66. The van der Waals surface area contributed by atoms with E-state index >= 15 is 0 Å². The Morgan fingerprint density at radius 2 is 1.22 bits per heavy atom. The molecule has 0 spiro atoms.